The van der Waals surface area contributed by atoms with E-state index in [0.29, 0.717) is 24.8 Å². The normalized spacial score (nSPS) is 21.0. The Morgan fingerprint density at radius 3 is 3.05 bits per heavy atom. The number of rotatable bonds is 7. The molecule has 0 saturated carbocycles. The van der Waals surface area contributed by atoms with Crippen molar-refractivity contribution in [2.24, 2.45) is 0 Å². The minimum atomic E-state index is -0.00744. The highest BCUT2D eigenvalue weighted by Gasteiger charge is 2.28. The van der Waals surface area contributed by atoms with Gasteiger partial charge in [-0.2, -0.15) is 5.10 Å². The predicted octanol–water partition coefficient (Wildman–Crippen LogP) is 1.72. The van der Waals surface area contributed by atoms with Gasteiger partial charge in [-0.15, -0.1) is 0 Å². The first-order valence-corrected chi connectivity index (χ1v) is 7.55. The van der Waals surface area contributed by atoms with Crippen molar-refractivity contribution in [3.05, 3.63) is 24.5 Å². The third-order valence-electron chi connectivity index (χ3n) is 3.45. The van der Waals surface area contributed by atoms with Gasteiger partial charge in [-0.25, -0.2) is 15.0 Å². The van der Waals surface area contributed by atoms with E-state index in [0.717, 1.165) is 25.1 Å². The molecule has 1 saturated heterocycles. The molecular formula is C14H20N6O2. The lowest BCUT2D eigenvalue weighted by molar-refractivity contribution is 0.0471. The number of hydrogen-bond acceptors (Lipinski definition) is 7. The summed E-state index contributed by atoms with van der Waals surface area (Å²) in [5.74, 6) is 1.98. The van der Waals surface area contributed by atoms with E-state index in [-0.39, 0.29) is 12.2 Å². The molecule has 8 heteroatoms. The van der Waals surface area contributed by atoms with E-state index in [1.807, 2.05) is 0 Å². The average Bonchev–Trinajstić information content (AvgIpc) is 3.22. The molecule has 22 heavy (non-hydrogen) atoms. The lowest BCUT2D eigenvalue weighted by Gasteiger charge is -2.15. The van der Waals surface area contributed by atoms with Crippen LogP contribution in [0.3, 0.4) is 0 Å². The van der Waals surface area contributed by atoms with Crippen molar-refractivity contribution in [3.8, 4) is 5.88 Å². The minimum Gasteiger partial charge on any atom is -0.475 e. The third kappa shape index (κ3) is 3.51. The highest BCUT2D eigenvalue weighted by molar-refractivity contribution is 5.44. The Morgan fingerprint density at radius 1 is 1.32 bits per heavy atom. The summed E-state index contributed by atoms with van der Waals surface area (Å²) in [7, 11) is 0. The molecule has 0 bridgehead atoms. The predicted molar refractivity (Wildman–Crippen MR) is 79.5 cm³/mol. The second kappa shape index (κ2) is 7.17. The van der Waals surface area contributed by atoms with E-state index in [9.17, 15) is 0 Å². The Kier molecular flexibility index (Phi) is 4.79. The van der Waals surface area contributed by atoms with Crippen LogP contribution in [-0.4, -0.2) is 44.4 Å². The fourth-order valence-corrected chi connectivity index (χ4v) is 2.39. The molecule has 3 heterocycles. The average molecular weight is 304 g/mol. The number of nitrogens with one attached hydrogen (secondary N) is 2. The molecule has 0 aliphatic carbocycles. The summed E-state index contributed by atoms with van der Waals surface area (Å²) in [5, 5.41) is 9.98. The van der Waals surface area contributed by atoms with E-state index in [2.05, 4.69) is 37.4 Å². The molecule has 2 N–H and O–H groups in total. The molecule has 2 aromatic heterocycles. The second-order valence-corrected chi connectivity index (χ2v) is 5.13. The highest BCUT2D eigenvalue weighted by atomic mass is 16.5. The van der Waals surface area contributed by atoms with Gasteiger partial charge in [-0.1, -0.05) is 6.92 Å². The summed E-state index contributed by atoms with van der Waals surface area (Å²) in [6.45, 7) is 3.34. The summed E-state index contributed by atoms with van der Waals surface area (Å²) < 4.78 is 11.5. The summed E-state index contributed by atoms with van der Waals surface area (Å²) in [5.41, 5.74) is 0. The van der Waals surface area contributed by atoms with E-state index in [1.165, 1.54) is 6.33 Å². The molecule has 118 valence electrons. The number of anilines is 1. The third-order valence-corrected chi connectivity index (χ3v) is 3.45. The van der Waals surface area contributed by atoms with Crippen molar-refractivity contribution in [2.75, 3.05) is 18.5 Å². The zero-order chi connectivity index (χ0) is 15.2. The first kappa shape index (κ1) is 14.7. The van der Waals surface area contributed by atoms with E-state index < -0.39 is 0 Å². The SMILES string of the molecule is CCCOc1nccnc1NC[C@H]1CC[C@@H](c2ncn[nH]2)O1. The number of aromatic amines is 1. The van der Waals surface area contributed by atoms with Crippen LogP contribution in [0.15, 0.2) is 18.7 Å². The standard InChI is InChI=1S/C14H20N6O2/c1-2-7-21-14-13(15-5-6-16-14)17-8-10-3-4-11(22-10)12-18-9-19-20-12/h5-6,9-11H,2-4,7-8H2,1H3,(H,15,17)(H,18,19,20)/t10-,11+/m1/s1. The maximum atomic E-state index is 5.96. The van der Waals surface area contributed by atoms with E-state index in [1.54, 1.807) is 12.4 Å². The number of nitrogens with zero attached hydrogens (tertiary/aromatic N) is 4. The van der Waals surface area contributed by atoms with Gasteiger partial charge in [0.25, 0.3) is 5.88 Å². The fraction of sp³-hybridized carbons (Fsp3) is 0.571. The van der Waals surface area contributed by atoms with Gasteiger partial charge in [0.15, 0.2) is 11.6 Å². The number of ether oxygens (including phenoxy) is 2. The van der Waals surface area contributed by atoms with Crippen LogP contribution >= 0.6 is 0 Å². The minimum absolute atomic E-state index is 0.00744. The molecule has 8 nitrogen and oxygen atoms in total. The highest BCUT2D eigenvalue weighted by Crippen LogP contribution is 2.30. The van der Waals surface area contributed by atoms with Gasteiger partial charge in [0.2, 0.25) is 0 Å². The van der Waals surface area contributed by atoms with Gasteiger partial charge >= 0.3 is 0 Å². The Labute approximate surface area is 128 Å². The molecule has 0 radical (unpaired) electrons. The number of aromatic nitrogens is 5. The monoisotopic (exact) mass is 304 g/mol. The molecule has 0 amide bonds. The van der Waals surface area contributed by atoms with Crippen molar-refractivity contribution >= 4 is 5.82 Å². The van der Waals surface area contributed by atoms with Crippen LogP contribution in [0.25, 0.3) is 0 Å². The molecule has 1 aliphatic rings. The zero-order valence-electron chi connectivity index (χ0n) is 12.5. The van der Waals surface area contributed by atoms with Crippen LogP contribution in [0.5, 0.6) is 5.88 Å². The zero-order valence-corrected chi connectivity index (χ0v) is 12.5. The summed E-state index contributed by atoms with van der Waals surface area (Å²) in [4.78, 5) is 12.6. The van der Waals surface area contributed by atoms with Crippen molar-refractivity contribution in [3.63, 3.8) is 0 Å². The molecule has 2 aromatic rings. The van der Waals surface area contributed by atoms with Gasteiger partial charge in [0, 0.05) is 18.9 Å². The van der Waals surface area contributed by atoms with Crippen LogP contribution in [0.1, 0.15) is 38.1 Å². The smallest absolute Gasteiger partial charge is 0.257 e. The fourth-order valence-electron chi connectivity index (χ4n) is 2.39. The molecule has 2 atom stereocenters. The molecule has 0 unspecified atom stereocenters. The first-order chi connectivity index (χ1) is 10.9. The first-order valence-electron chi connectivity index (χ1n) is 7.55. The molecular weight excluding hydrogens is 284 g/mol. The van der Waals surface area contributed by atoms with Crippen LogP contribution in [0, 0.1) is 0 Å². The van der Waals surface area contributed by atoms with Crippen molar-refractivity contribution in [1.29, 1.82) is 0 Å². The lowest BCUT2D eigenvalue weighted by Crippen LogP contribution is -2.20. The largest absolute Gasteiger partial charge is 0.475 e. The van der Waals surface area contributed by atoms with Crippen molar-refractivity contribution in [2.45, 2.75) is 38.4 Å². The number of hydrogen-bond donors (Lipinski definition) is 2. The van der Waals surface area contributed by atoms with Crippen LogP contribution in [0.2, 0.25) is 0 Å². The maximum Gasteiger partial charge on any atom is 0.257 e. The second-order valence-electron chi connectivity index (χ2n) is 5.13. The van der Waals surface area contributed by atoms with Crippen LogP contribution in [0.4, 0.5) is 5.82 Å². The van der Waals surface area contributed by atoms with Gasteiger partial charge in [0.1, 0.15) is 12.4 Å². The maximum absolute atomic E-state index is 5.96. The Bertz CT molecular complexity index is 576. The quantitative estimate of drug-likeness (QED) is 0.803. The molecule has 1 aliphatic heterocycles. The number of H-pyrrole nitrogens is 1. The van der Waals surface area contributed by atoms with Gasteiger partial charge in [-0.3, -0.25) is 5.10 Å². The summed E-state index contributed by atoms with van der Waals surface area (Å²) >= 11 is 0. The lowest BCUT2D eigenvalue weighted by atomic mass is 10.2. The molecule has 0 aromatic carbocycles. The van der Waals surface area contributed by atoms with Crippen LogP contribution < -0.4 is 10.1 Å². The topological polar surface area (TPSA) is 97.8 Å². The van der Waals surface area contributed by atoms with Gasteiger partial charge in [0.05, 0.1) is 12.7 Å². The Morgan fingerprint density at radius 2 is 2.23 bits per heavy atom. The van der Waals surface area contributed by atoms with Gasteiger partial charge < -0.3 is 14.8 Å². The Hall–Kier alpha value is -2.22. The Balaban J connectivity index is 1.53. The van der Waals surface area contributed by atoms with E-state index in [4.69, 9.17) is 9.47 Å². The molecule has 1 fully saturated rings. The van der Waals surface area contributed by atoms with Crippen LogP contribution in [-0.2, 0) is 4.74 Å². The molecule has 3 rings (SSSR count). The molecule has 0 spiro atoms. The van der Waals surface area contributed by atoms with E-state index >= 15 is 0 Å². The van der Waals surface area contributed by atoms with Crippen molar-refractivity contribution in [1.82, 2.24) is 25.1 Å². The summed E-state index contributed by atoms with van der Waals surface area (Å²) in [6, 6.07) is 0. The van der Waals surface area contributed by atoms with Gasteiger partial charge in [-0.05, 0) is 19.3 Å². The summed E-state index contributed by atoms with van der Waals surface area (Å²) in [6.07, 6.45) is 7.70. The van der Waals surface area contributed by atoms with Crippen molar-refractivity contribution < 1.29 is 9.47 Å².